The molecule has 2 aliphatic heterocycles. The average Bonchev–Trinajstić information content (AvgIpc) is 2.88. The fraction of sp³-hybridized carbons (Fsp3) is 0.667. The van der Waals surface area contributed by atoms with E-state index in [4.69, 9.17) is 0 Å². The molecule has 0 radical (unpaired) electrons. The number of aliphatic hydroxyl groups is 1. The second-order valence-corrected chi connectivity index (χ2v) is 8.83. The minimum atomic E-state index is -0.126. The molecule has 1 aromatic carbocycles. The van der Waals surface area contributed by atoms with Gasteiger partial charge in [0.25, 0.3) is 0 Å². The molecule has 1 atom stereocenters. The molecule has 0 aliphatic carbocycles. The lowest BCUT2D eigenvalue weighted by Gasteiger charge is -2.44. The van der Waals surface area contributed by atoms with Crippen LogP contribution in [-0.4, -0.2) is 76.2 Å². The molecule has 24 heavy (non-hydrogen) atoms. The third-order valence-electron chi connectivity index (χ3n) is 4.94. The SMILES string of the molecule is OCC[C@@H]1CN(C2CSCCSC2)CCN1Cc1ccccc1F. The zero-order valence-electron chi connectivity index (χ0n) is 14.1. The van der Waals surface area contributed by atoms with Gasteiger partial charge >= 0.3 is 0 Å². The van der Waals surface area contributed by atoms with E-state index >= 15 is 0 Å². The molecule has 6 heteroatoms. The molecule has 1 N–H and O–H groups in total. The van der Waals surface area contributed by atoms with Crippen LogP contribution in [0, 0.1) is 5.82 Å². The minimum Gasteiger partial charge on any atom is -0.396 e. The van der Waals surface area contributed by atoms with Crippen molar-refractivity contribution in [1.29, 1.82) is 0 Å². The summed E-state index contributed by atoms with van der Waals surface area (Å²) in [4.78, 5) is 4.95. The van der Waals surface area contributed by atoms with Gasteiger partial charge in [-0.2, -0.15) is 23.5 Å². The number of nitrogens with zero attached hydrogens (tertiary/aromatic N) is 2. The highest BCUT2D eigenvalue weighted by atomic mass is 32.2. The Kier molecular flexibility index (Phi) is 7.28. The first-order valence-electron chi connectivity index (χ1n) is 8.76. The Labute approximate surface area is 153 Å². The summed E-state index contributed by atoms with van der Waals surface area (Å²) in [6.45, 7) is 3.81. The van der Waals surface area contributed by atoms with Gasteiger partial charge in [-0.15, -0.1) is 0 Å². The van der Waals surface area contributed by atoms with Crippen molar-refractivity contribution in [1.82, 2.24) is 9.80 Å². The Morgan fingerprint density at radius 3 is 2.58 bits per heavy atom. The lowest BCUT2D eigenvalue weighted by molar-refractivity contribution is 0.0401. The second kappa shape index (κ2) is 9.43. The molecule has 2 fully saturated rings. The number of halogens is 1. The maximum Gasteiger partial charge on any atom is 0.127 e. The summed E-state index contributed by atoms with van der Waals surface area (Å²) in [6, 6.07) is 7.99. The highest BCUT2D eigenvalue weighted by molar-refractivity contribution is 8.03. The number of piperazine rings is 1. The molecule has 0 bridgehead atoms. The summed E-state index contributed by atoms with van der Waals surface area (Å²) < 4.78 is 14.0. The van der Waals surface area contributed by atoms with Crippen LogP contribution in [0.3, 0.4) is 0 Å². The smallest absolute Gasteiger partial charge is 0.127 e. The van der Waals surface area contributed by atoms with Crippen molar-refractivity contribution in [3.63, 3.8) is 0 Å². The van der Waals surface area contributed by atoms with E-state index in [1.165, 1.54) is 29.1 Å². The number of benzene rings is 1. The largest absolute Gasteiger partial charge is 0.396 e. The maximum absolute atomic E-state index is 14.0. The highest BCUT2D eigenvalue weighted by Gasteiger charge is 2.31. The predicted molar refractivity (Wildman–Crippen MR) is 102 cm³/mol. The van der Waals surface area contributed by atoms with Gasteiger partial charge in [-0.05, 0) is 12.5 Å². The third kappa shape index (κ3) is 4.88. The van der Waals surface area contributed by atoms with E-state index in [-0.39, 0.29) is 12.4 Å². The van der Waals surface area contributed by atoms with Crippen LogP contribution in [0.5, 0.6) is 0 Å². The van der Waals surface area contributed by atoms with Crippen LogP contribution in [0.1, 0.15) is 12.0 Å². The first-order valence-corrected chi connectivity index (χ1v) is 11.1. The zero-order chi connectivity index (χ0) is 16.8. The van der Waals surface area contributed by atoms with E-state index in [0.29, 0.717) is 18.6 Å². The van der Waals surface area contributed by atoms with Gasteiger partial charge in [-0.25, -0.2) is 4.39 Å². The van der Waals surface area contributed by atoms with Crippen molar-refractivity contribution < 1.29 is 9.50 Å². The Hall–Kier alpha value is -0.270. The molecular formula is C18H27FN2OS2. The summed E-state index contributed by atoms with van der Waals surface area (Å²) in [5.41, 5.74) is 0.759. The molecule has 0 aromatic heterocycles. The molecule has 0 unspecified atom stereocenters. The van der Waals surface area contributed by atoms with Crippen molar-refractivity contribution in [2.75, 3.05) is 49.3 Å². The molecule has 0 saturated carbocycles. The van der Waals surface area contributed by atoms with Gasteiger partial charge in [-0.1, -0.05) is 18.2 Å². The highest BCUT2D eigenvalue weighted by Crippen LogP contribution is 2.24. The number of hydrogen-bond donors (Lipinski definition) is 1. The summed E-state index contributed by atoms with van der Waals surface area (Å²) in [7, 11) is 0. The van der Waals surface area contributed by atoms with E-state index in [9.17, 15) is 9.50 Å². The zero-order valence-corrected chi connectivity index (χ0v) is 15.7. The van der Waals surface area contributed by atoms with Crippen LogP contribution < -0.4 is 0 Å². The van der Waals surface area contributed by atoms with E-state index < -0.39 is 0 Å². The Morgan fingerprint density at radius 1 is 1.12 bits per heavy atom. The van der Waals surface area contributed by atoms with E-state index in [1.807, 2.05) is 12.1 Å². The van der Waals surface area contributed by atoms with Crippen LogP contribution in [0.25, 0.3) is 0 Å². The summed E-state index contributed by atoms with van der Waals surface area (Å²) in [5.74, 6) is 4.82. The van der Waals surface area contributed by atoms with Gasteiger partial charge in [0.05, 0.1) is 0 Å². The van der Waals surface area contributed by atoms with Crippen LogP contribution in [0.4, 0.5) is 4.39 Å². The molecule has 2 aliphatic rings. The van der Waals surface area contributed by atoms with E-state index in [1.54, 1.807) is 6.07 Å². The molecule has 3 rings (SSSR count). The van der Waals surface area contributed by atoms with Gasteiger partial charge in [0.2, 0.25) is 0 Å². The Balaban J connectivity index is 1.63. The third-order valence-corrected chi connectivity index (χ3v) is 7.42. The standard InChI is InChI=1S/C18H27FN2OS2/c19-18-4-2-1-3-15(18)11-20-6-7-21(12-16(20)5-8-22)17-13-23-9-10-24-14-17/h1-4,16-17,22H,5-14H2/t16-/m1/s1. The molecular weight excluding hydrogens is 343 g/mol. The first-order chi connectivity index (χ1) is 11.8. The normalized spacial score (nSPS) is 24.8. The molecule has 2 saturated heterocycles. The Morgan fingerprint density at radius 2 is 1.88 bits per heavy atom. The van der Waals surface area contributed by atoms with Crippen LogP contribution in [0.2, 0.25) is 0 Å². The fourth-order valence-electron chi connectivity index (χ4n) is 3.54. The van der Waals surface area contributed by atoms with Gasteiger partial charge in [0.15, 0.2) is 0 Å². The lowest BCUT2D eigenvalue weighted by atomic mass is 10.1. The Bertz CT molecular complexity index is 512. The molecule has 3 nitrogen and oxygen atoms in total. The number of rotatable bonds is 5. The second-order valence-electron chi connectivity index (χ2n) is 6.53. The van der Waals surface area contributed by atoms with Crippen LogP contribution >= 0.6 is 23.5 Å². The van der Waals surface area contributed by atoms with Crippen LogP contribution in [0.15, 0.2) is 24.3 Å². The van der Waals surface area contributed by atoms with Crippen molar-refractivity contribution in [3.05, 3.63) is 35.6 Å². The van der Waals surface area contributed by atoms with Crippen molar-refractivity contribution in [2.45, 2.75) is 25.0 Å². The number of hydrogen-bond acceptors (Lipinski definition) is 5. The molecule has 134 valence electrons. The maximum atomic E-state index is 14.0. The average molecular weight is 371 g/mol. The van der Waals surface area contributed by atoms with Gasteiger partial charge in [0, 0.05) is 73.4 Å². The van der Waals surface area contributed by atoms with Crippen molar-refractivity contribution in [2.24, 2.45) is 0 Å². The molecule has 2 heterocycles. The monoisotopic (exact) mass is 370 g/mol. The summed E-state index contributed by atoms with van der Waals surface area (Å²) in [6.07, 6.45) is 0.762. The number of aliphatic hydroxyl groups excluding tert-OH is 1. The van der Waals surface area contributed by atoms with Gasteiger partial charge < -0.3 is 5.11 Å². The van der Waals surface area contributed by atoms with Gasteiger partial charge in [-0.3, -0.25) is 9.80 Å². The van der Waals surface area contributed by atoms with Crippen molar-refractivity contribution >= 4 is 23.5 Å². The summed E-state index contributed by atoms with van der Waals surface area (Å²) >= 11 is 4.12. The van der Waals surface area contributed by atoms with E-state index in [0.717, 1.165) is 31.6 Å². The number of thioether (sulfide) groups is 2. The fourth-order valence-corrected chi connectivity index (χ4v) is 6.17. The first kappa shape index (κ1) is 18.5. The van der Waals surface area contributed by atoms with Gasteiger partial charge in [0.1, 0.15) is 5.82 Å². The predicted octanol–water partition coefficient (Wildman–Crippen LogP) is 2.54. The minimum absolute atomic E-state index is 0.126. The molecule has 0 amide bonds. The summed E-state index contributed by atoms with van der Waals surface area (Å²) in [5, 5.41) is 9.47. The molecule has 0 spiro atoms. The van der Waals surface area contributed by atoms with E-state index in [2.05, 4.69) is 33.3 Å². The lowest BCUT2D eigenvalue weighted by Crippen LogP contribution is -2.56. The van der Waals surface area contributed by atoms with Crippen molar-refractivity contribution in [3.8, 4) is 0 Å². The molecule has 1 aromatic rings. The van der Waals surface area contributed by atoms with Crippen LogP contribution in [-0.2, 0) is 6.54 Å². The quantitative estimate of drug-likeness (QED) is 0.860. The topological polar surface area (TPSA) is 26.7 Å².